The number of aliphatic imine (C=N–C) groups is 2. The van der Waals surface area contributed by atoms with Crippen LogP contribution < -0.4 is 50.4 Å². The predicted molar refractivity (Wildman–Crippen MR) is 163 cm³/mol. The third kappa shape index (κ3) is 14.2. The molecule has 1 saturated heterocycles. The van der Waals surface area contributed by atoms with E-state index in [1.165, 1.54) is 11.8 Å². The van der Waals surface area contributed by atoms with Crippen molar-refractivity contribution < 1.29 is 24.0 Å². The van der Waals surface area contributed by atoms with Crippen LogP contribution >= 0.6 is 0 Å². The van der Waals surface area contributed by atoms with Crippen molar-refractivity contribution in [3.63, 3.8) is 0 Å². The smallest absolute Gasteiger partial charge is 0.245 e. The van der Waals surface area contributed by atoms with Crippen molar-refractivity contribution in [2.45, 2.75) is 94.9 Å². The van der Waals surface area contributed by atoms with Crippen LogP contribution in [0.15, 0.2) is 9.98 Å². The molecule has 0 bridgehead atoms. The van der Waals surface area contributed by atoms with Gasteiger partial charge in [0.1, 0.15) is 24.4 Å². The standard InChI is InChI=1S/C26H50N12O5/c1-16(28)21(40)36-18(8-2-3-11-27)22(41)37-19(9-5-13-34-26(31)32)24(43)38-14-6-10-20(38)23(42)35-17(15-39)7-4-12-33-25(29)30/h15-20H,2-14,27-28H2,1H3,(H,35,42)(H,36,40)(H,37,41)(H4,29,30,33)(H4,31,32,34)/t16-,17-,18-,19-,20-/m0/s1. The summed E-state index contributed by atoms with van der Waals surface area (Å²) in [6, 6.07) is -4.42. The second kappa shape index (κ2) is 20.0. The second-order valence-electron chi connectivity index (χ2n) is 10.5. The first-order valence-electron chi connectivity index (χ1n) is 14.6. The van der Waals surface area contributed by atoms with Gasteiger partial charge in [0, 0.05) is 19.6 Å². The summed E-state index contributed by atoms with van der Waals surface area (Å²) >= 11 is 0. The molecule has 244 valence electrons. The Hall–Kier alpha value is -3.99. The van der Waals surface area contributed by atoms with Crippen molar-refractivity contribution in [1.82, 2.24) is 20.9 Å². The number of unbranched alkanes of at least 4 members (excludes halogenated alkanes) is 1. The Labute approximate surface area is 252 Å². The highest BCUT2D eigenvalue weighted by atomic mass is 16.2. The first kappa shape index (κ1) is 37.0. The molecule has 0 aromatic rings. The maximum Gasteiger partial charge on any atom is 0.245 e. The Bertz CT molecular complexity index is 982. The number of hydrogen-bond acceptors (Lipinski definition) is 9. The van der Waals surface area contributed by atoms with Gasteiger partial charge < -0.3 is 60.0 Å². The van der Waals surface area contributed by atoms with Crippen LogP contribution in [0.3, 0.4) is 0 Å². The van der Waals surface area contributed by atoms with Gasteiger partial charge in [-0.05, 0) is 71.3 Å². The van der Waals surface area contributed by atoms with E-state index < -0.39 is 53.8 Å². The molecule has 1 fully saturated rings. The summed E-state index contributed by atoms with van der Waals surface area (Å²) in [6.07, 6.45) is 4.37. The van der Waals surface area contributed by atoms with Gasteiger partial charge >= 0.3 is 0 Å². The van der Waals surface area contributed by atoms with Crippen LogP contribution in [0.4, 0.5) is 0 Å². The van der Waals surface area contributed by atoms with Crippen LogP contribution in [0.25, 0.3) is 0 Å². The molecule has 4 amide bonds. The Morgan fingerprint density at radius 2 is 1.44 bits per heavy atom. The van der Waals surface area contributed by atoms with E-state index in [0.717, 1.165) is 0 Å². The number of hydrogen-bond donors (Lipinski definition) is 9. The van der Waals surface area contributed by atoms with Crippen LogP contribution in [-0.4, -0.2) is 103 Å². The highest BCUT2D eigenvalue weighted by Crippen LogP contribution is 2.20. The zero-order valence-corrected chi connectivity index (χ0v) is 25.0. The van der Waals surface area contributed by atoms with Crippen molar-refractivity contribution in [1.29, 1.82) is 0 Å². The summed E-state index contributed by atoms with van der Waals surface area (Å²) in [4.78, 5) is 73.4. The highest BCUT2D eigenvalue weighted by Gasteiger charge is 2.38. The lowest BCUT2D eigenvalue weighted by atomic mass is 10.0. The number of nitrogens with two attached hydrogens (primary N) is 6. The van der Waals surface area contributed by atoms with Gasteiger partial charge in [-0.1, -0.05) is 0 Å². The zero-order valence-electron chi connectivity index (χ0n) is 25.0. The van der Waals surface area contributed by atoms with Crippen LogP contribution in [0, 0.1) is 0 Å². The summed E-state index contributed by atoms with van der Waals surface area (Å²) in [5.74, 6) is -2.18. The van der Waals surface area contributed by atoms with Crippen molar-refractivity contribution in [3.05, 3.63) is 0 Å². The first-order chi connectivity index (χ1) is 20.4. The number of nitrogens with one attached hydrogen (secondary N) is 3. The topological polar surface area (TPSA) is 306 Å². The number of carbonyl (C=O) groups is 5. The predicted octanol–water partition coefficient (Wildman–Crippen LogP) is -3.79. The van der Waals surface area contributed by atoms with Crippen LogP contribution in [-0.2, 0) is 24.0 Å². The number of carbonyl (C=O) groups excluding carboxylic acids is 5. The number of likely N-dealkylation sites (tertiary alicyclic amines) is 1. The molecule has 15 N–H and O–H groups in total. The molecule has 1 aliphatic heterocycles. The van der Waals surface area contributed by atoms with Gasteiger partial charge in [0.15, 0.2) is 11.9 Å². The molecule has 0 aromatic heterocycles. The Morgan fingerprint density at radius 1 is 0.860 bits per heavy atom. The summed E-state index contributed by atoms with van der Waals surface area (Å²) < 4.78 is 0. The van der Waals surface area contributed by atoms with Gasteiger partial charge in [0.25, 0.3) is 0 Å². The normalized spacial score (nSPS) is 17.1. The fourth-order valence-corrected chi connectivity index (χ4v) is 4.57. The monoisotopic (exact) mass is 610 g/mol. The van der Waals surface area contributed by atoms with Crippen molar-refractivity contribution in [3.8, 4) is 0 Å². The molecule has 0 aromatic carbocycles. The lowest BCUT2D eigenvalue weighted by molar-refractivity contribution is -0.142. The minimum Gasteiger partial charge on any atom is -0.370 e. The van der Waals surface area contributed by atoms with E-state index in [0.29, 0.717) is 70.7 Å². The molecule has 5 atom stereocenters. The van der Waals surface area contributed by atoms with Gasteiger partial charge in [-0.2, -0.15) is 0 Å². The average Bonchev–Trinajstić information content (AvgIpc) is 3.45. The lowest BCUT2D eigenvalue weighted by Gasteiger charge is -2.30. The number of rotatable bonds is 20. The lowest BCUT2D eigenvalue weighted by Crippen LogP contribution is -2.58. The molecule has 0 saturated carbocycles. The summed E-state index contributed by atoms with van der Waals surface area (Å²) in [7, 11) is 0. The van der Waals surface area contributed by atoms with E-state index in [9.17, 15) is 24.0 Å². The fraction of sp³-hybridized carbons (Fsp3) is 0.731. The molecule has 0 radical (unpaired) electrons. The third-order valence-electron chi connectivity index (χ3n) is 6.85. The van der Waals surface area contributed by atoms with Gasteiger partial charge in [0.05, 0.1) is 12.1 Å². The zero-order chi connectivity index (χ0) is 32.4. The van der Waals surface area contributed by atoms with Gasteiger partial charge in [-0.15, -0.1) is 0 Å². The van der Waals surface area contributed by atoms with Gasteiger partial charge in [-0.3, -0.25) is 29.2 Å². The molecule has 0 aliphatic carbocycles. The molecule has 1 heterocycles. The Balaban J connectivity index is 3.06. The maximum absolute atomic E-state index is 13.8. The SMILES string of the molecule is C[C@H](N)C(=O)N[C@@H](CCCCN)C(=O)N[C@@H](CCCN=C(N)N)C(=O)N1CCC[C@H]1C(=O)N[C@H](C=O)CCCN=C(N)N. The molecule has 17 nitrogen and oxygen atoms in total. The van der Waals surface area contributed by atoms with E-state index in [1.807, 2.05) is 0 Å². The van der Waals surface area contributed by atoms with Crippen molar-refractivity contribution in [2.75, 3.05) is 26.2 Å². The number of nitrogens with zero attached hydrogens (tertiary/aromatic N) is 3. The quantitative estimate of drug-likeness (QED) is 0.0279. The van der Waals surface area contributed by atoms with E-state index in [1.54, 1.807) is 0 Å². The van der Waals surface area contributed by atoms with Gasteiger partial charge in [-0.25, -0.2) is 0 Å². The summed E-state index contributed by atoms with van der Waals surface area (Å²) in [6.45, 7) is 2.72. The number of aldehydes is 1. The Morgan fingerprint density at radius 3 is 2.00 bits per heavy atom. The fourth-order valence-electron chi connectivity index (χ4n) is 4.57. The average molecular weight is 611 g/mol. The molecule has 17 heteroatoms. The minimum absolute atomic E-state index is 0.0649. The molecular weight excluding hydrogens is 560 g/mol. The van der Waals surface area contributed by atoms with Crippen molar-refractivity contribution in [2.24, 2.45) is 44.4 Å². The molecule has 0 unspecified atom stereocenters. The van der Waals surface area contributed by atoms with E-state index in [-0.39, 0.29) is 31.4 Å². The largest absolute Gasteiger partial charge is 0.370 e. The van der Waals surface area contributed by atoms with E-state index >= 15 is 0 Å². The summed E-state index contributed by atoms with van der Waals surface area (Å²) in [5, 5.41) is 8.09. The summed E-state index contributed by atoms with van der Waals surface area (Å²) in [5.41, 5.74) is 32.7. The van der Waals surface area contributed by atoms with Crippen molar-refractivity contribution >= 4 is 41.8 Å². The van der Waals surface area contributed by atoms with Gasteiger partial charge in [0.2, 0.25) is 23.6 Å². The number of amides is 4. The molecule has 43 heavy (non-hydrogen) atoms. The molecule has 1 rings (SSSR count). The van der Waals surface area contributed by atoms with Crippen LogP contribution in [0.5, 0.6) is 0 Å². The van der Waals surface area contributed by atoms with E-state index in [2.05, 4.69) is 25.9 Å². The second-order valence-corrected chi connectivity index (χ2v) is 10.5. The van der Waals surface area contributed by atoms with Crippen LogP contribution in [0.2, 0.25) is 0 Å². The number of guanidine groups is 2. The molecule has 0 spiro atoms. The minimum atomic E-state index is -1.03. The van der Waals surface area contributed by atoms with E-state index in [4.69, 9.17) is 34.4 Å². The first-order valence-corrected chi connectivity index (χ1v) is 14.6. The maximum atomic E-state index is 13.8. The Kier molecular flexibility index (Phi) is 17.2. The molecule has 1 aliphatic rings. The highest BCUT2D eigenvalue weighted by molar-refractivity contribution is 5.95. The third-order valence-corrected chi connectivity index (χ3v) is 6.85. The molecular formula is C26H50N12O5. The van der Waals surface area contributed by atoms with Crippen LogP contribution in [0.1, 0.15) is 64.7 Å².